The summed E-state index contributed by atoms with van der Waals surface area (Å²) in [6, 6.07) is 18.1. The Kier molecular flexibility index (Phi) is 3.81. The van der Waals surface area contributed by atoms with Crippen molar-refractivity contribution in [1.29, 1.82) is 0 Å². The van der Waals surface area contributed by atoms with Gasteiger partial charge >= 0.3 is 5.97 Å². The zero-order valence-corrected chi connectivity index (χ0v) is 13.7. The molecule has 1 fully saturated rings. The first-order chi connectivity index (χ1) is 11.7. The molecule has 0 atom stereocenters. The molecule has 122 valence electrons. The van der Waals surface area contributed by atoms with Crippen LogP contribution in [0.4, 0.5) is 0 Å². The van der Waals surface area contributed by atoms with Gasteiger partial charge in [-0.1, -0.05) is 48.5 Å². The third-order valence-corrected chi connectivity index (χ3v) is 4.87. The zero-order chi connectivity index (χ0) is 16.5. The number of carbonyl (C=O) groups excluding carboxylic acids is 1. The second-order valence-corrected chi connectivity index (χ2v) is 6.48. The van der Waals surface area contributed by atoms with Gasteiger partial charge in [0.2, 0.25) is 0 Å². The van der Waals surface area contributed by atoms with Gasteiger partial charge in [-0.15, -0.1) is 0 Å². The number of nitrogens with zero attached hydrogens (tertiary/aromatic N) is 2. The molecule has 1 saturated carbocycles. The SMILES string of the molecule is Cn1nc(C2CC(C(=O)OCc3ccccc3)C2)c2ccccc21. The summed E-state index contributed by atoms with van der Waals surface area (Å²) in [5.41, 5.74) is 3.28. The number of esters is 1. The van der Waals surface area contributed by atoms with Gasteiger partial charge in [-0.2, -0.15) is 5.10 Å². The zero-order valence-electron chi connectivity index (χ0n) is 13.7. The van der Waals surface area contributed by atoms with E-state index in [-0.39, 0.29) is 11.9 Å². The lowest BCUT2D eigenvalue weighted by molar-refractivity contribution is -0.153. The number of aromatic nitrogens is 2. The predicted molar refractivity (Wildman–Crippen MR) is 92.4 cm³/mol. The van der Waals surface area contributed by atoms with Gasteiger partial charge in [-0.3, -0.25) is 9.48 Å². The van der Waals surface area contributed by atoms with Crippen LogP contribution in [0.25, 0.3) is 10.9 Å². The Balaban J connectivity index is 1.38. The Hall–Kier alpha value is -2.62. The van der Waals surface area contributed by atoms with Crippen LogP contribution in [-0.4, -0.2) is 15.7 Å². The molecule has 1 aliphatic carbocycles. The van der Waals surface area contributed by atoms with E-state index in [4.69, 9.17) is 4.74 Å². The predicted octanol–water partition coefficient (Wildman–Crippen LogP) is 3.81. The van der Waals surface area contributed by atoms with Crippen molar-refractivity contribution < 1.29 is 9.53 Å². The molecule has 0 N–H and O–H groups in total. The Morgan fingerprint density at radius 3 is 2.62 bits per heavy atom. The second-order valence-electron chi connectivity index (χ2n) is 6.48. The Bertz CT molecular complexity index is 864. The Morgan fingerprint density at radius 1 is 1.12 bits per heavy atom. The first-order valence-corrected chi connectivity index (χ1v) is 8.34. The van der Waals surface area contributed by atoms with Gasteiger partial charge in [0.05, 0.1) is 17.1 Å². The molecule has 1 heterocycles. The van der Waals surface area contributed by atoms with Gasteiger partial charge in [-0.05, 0) is 24.5 Å². The molecule has 0 amide bonds. The van der Waals surface area contributed by atoms with Crippen LogP contribution in [0.5, 0.6) is 0 Å². The second kappa shape index (κ2) is 6.11. The number of carbonyl (C=O) groups is 1. The van der Waals surface area contributed by atoms with Crippen molar-refractivity contribution >= 4 is 16.9 Å². The van der Waals surface area contributed by atoms with Gasteiger partial charge in [0.15, 0.2) is 0 Å². The van der Waals surface area contributed by atoms with E-state index in [0.717, 1.165) is 29.6 Å². The molecule has 1 aliphatic rings. The maximum absolute atomic E-state index is 12.2. The van der Waals surface area contributed by atoms with Crippen molar-refractivity contribution in [2.45, 2.75) is 25.4 Å². The molecule has 3 aromatic rings. The van der Waals surface area contributed by atoms with Crippen LogP contribution in [0.1, 0.15) is 30.0 Å². The number of para-hydroxylation sites is 1. The molecule has 24 heavy (non-hydrogen) atoms. The third kappa shape index (κ3) is 2.68. The molecule has 0 unspecified atom stereocenters. The molecule has 1 aromatic heterocycles. The molecular weight excluding hydrogens is 300 g/mol. The lowest BCUT2D eigenvalue weighted by Crippen LogP contribution is -2.30. The minimum Gasteiger partial charge on any atom is -0.461 e. The van der Waals surface area contributed by atoms with Crippen molar-refractivity contribution in [2.24, 2.45) is 13.0 Å². The van der Waals surface area contributed by atoms with Crippen LogP contribution in [0.2, 0.25) is 0 Å². The van der Waals surface area contributed by atoms with E-state index in [0.29, 0.717) is 12.5 Å². The minimum atomic E-state index is -0.0876. The molecule has 2 aromatic carbocycles. The van der Waals surface area contributed by atoms with Gasteiger partial charge < -0.3 is 4.74 Å². The molecular formula is C20H20N2O2. The number of ether oxygens (including phenoxy) is 1. The third-order valence-electron chi connectivity index (χ3n) is 4.87. The number of benzene rings is 2. The van der Waals surface area contributed by atoms with E-state index in [1.807, 2.05) is 54.2 Å². The Labute approximate surface area is 141 Å². The first kappa shape index (κ1) is 14.9. The lowest BCUT2D eigenvalue weighted by atomic mass is 9.72. The summed E-state index contributed by atoms with van der Waals surface area (Å²) in [5.74, 6) is 0.264. The van der Waals surface area contributed by atoms with E-state index in [1.54, 1.807) is 0 Å². The highest BCUT2D eigenvalue weighted by Gasteiger charge is 2.38. The van der Waals surface area contributed by atoms with Crippen LogP contribution in [0.15, 0.2) is 54.6 Å². The molecule has 0 bridgehead atoms. The van der Waals surface area contributed by atoms with Crippen LogP contribution < -0.4 is 0 Å². The standard InChI is InChI=1S/C20H20N2O2/c1-22-18-10-6-5-9-17(18)19(21-22)15-11-16(12-15)20(23)24-13-14-7-3-2-4-8-14/h2-10,15-16H,11-13H2,1H3. The molecule has 0 aliphatic heterocycles. The number of rotatable bonds is 4. The normalized spacial score (nSPS) is 19.9. The van der Waals surface area contributed by atoms with Crippen LogP contribution in [0.3, 0.4) is 0 Å². The van der Waals surface area contributed by atoms with E-state index >= 15 is 0 Å². The fraction of sp³-hybridized carbons (Fsp3) is 0.300. The summed E-state index contributed by atoms with van der Waals surface area (Å²) >= 11 is 0. The monoisotopic (exact) mass is 320 g/mol. The number of hydrogen-bond donors (Lipinski definition) is 0. The summed E-state index contributed by atoms with van der Waals surface area (Å²) in [5, 5.41) is 5.86. The molecule has 4 nitrogen and oxygen atoms in total. The quantitative estimate of drug-likeness (QED) is 0.687. The minimum absolute atomic E-state index is 0.000481. The van der Waals surface area contributed by atoms with Crippen LogP contribution >= 0.6 is 0 Å². The summed E-state index contributed by atoms with van der Waals surface area (Å²) in [4.78, 5) is 12.2. The van der Waals surface area contributed by atoms with Gasteiger partial charge in [-0.25, -0.2) is 0 Å². The van der Waals surface area contributed by atoms with Crippen molar-refractivity contribution in [3.63, 3.8) is 0 Å². The van der Waals surface area contributed by atoms with Crippen molar-refractivity contribution in [3.05, 3.63) is 65.9 Å². The fourth-order valence-electron chi connectivity index (χ4n) is 3.42. The van der Waals surface area contributed by atoms with Gasteiger partial charge in [0.1, 0.15) is 6.61 Å². The van der Waals surface area contributed by atoms with Crippen LogP contribution in [-0.2, 0) is 23.2 Å². The first-order valence-electron chi connectivity index (χ1n) is 8.34. The van der Waals surface area contributed by atoms with Crippen molar-refractivity contribution in [2.75, 3.05) is 0 Å². The Morgan fingerprint density at radius 2 is 1.83 bits per heavy atom. The van der Waals surface area contributed by atoms with Crippen molar-refractivity contribution in [1.82, 2.24) is 9.78 Å². The number of fused-ring (bicyclic) bond motifs is 1. The average molecular weight is 320 g/mol. The lowest BCUT2D eigenvalue weighted by Gasteiger charge is -2.32. The van der Waals surface area contributed by atoms with E-state index in [9.17, 15) is 4.79 Å². The van der Waals surface area contributed by atoms with E-state index < -0.39 is 0 Å². The molecule has 4 rings (SSSR count). The smallest absolute Gasteiger partial charge is 0.309 e. The largest absolute Gasteiger partial charge is 0.461 e. The number of hydrogen-bond acceptors (Lipinski definition) is 3. The average Bonchev–Trinajstić information content (AvgIpc) is 2.90. The highest BCUT2D eigenvalue weighted by Crippen LogP contribution is 2.43. The van der Waals surface area contributed by atoms with E-state index in [2.05, 4.69) is 17.2 Å². The topological polar surface area (TPSA) is 44.1 Å². The highest BCUT2D eigenvalue weighted by atomic mass is 16.5. The summed E-state index contributed by atoms with van der Waals surface area (Å²) in [7, 11) is 1.97. The molecule has 0 radical (unpaired) electrons. The summed E-state index contributed by atoms with van der Waals surface area (Å²) in [6.07, 6.45) is 1.66. The fourth-order valence-corrected chi connectivity index (χ4v) is 3.42. The molecule has 0 spiro atoms. The van der Waals surface area contributed by atoms with Gasteiger partial charge in [0.25, 0.3) is 0 Å². The van der Waals surface area contributed by atoms with Crippen molar-refractivity contribution in [3.8, 4) is 0 Å². The molecule has 0 saturated heterocycles. The molecule has 4 heteroatoms. The maximum atomic E-state index is 12.2. The van der Waals surface area contributed by atoms with E-state index in [1.165, 1.54) is 5.39 Å². The maximum Gasteiger partial charge on any atom is 0.309 e. The number of aryl methyl sites for hydroxylation is 1. The summed E-state index contributed by atoms with van der Waals surface area (Å²) in [6.45, 7) is 0.355. The van der Waals surface area contributed by atoms with Gasteiger partial charge in [0, 0.05) is 18.4 Å². The van der Waals surface area contributed by atoms with Crippen LogP contribution in [0, 0.1) is 5.92 Å². The highest BCUT2D eigenvalue weighted by molar-refractivity contribution is 5.83. The summed E-state index contributed by atoms with van der Waals surface area (Å²) < 4.78 is 7.37.